The Morgan fingerprint density at radius 2 is 2.08 bits per heavy atom. The Hall–Kier alpha value is -2.11. The van der Waals surface area contributed by atoms with E-state index in [9.17, 15) is 5.11 Å². The van der Waals surface area contributed by atoms with E-state index in [4.69, 9.17) is 4.42 Å². The molecule has 1 atom stereocenters. The van der Waals surface area contributed by atoms with E-state index in [0.717, 1.165) is 41.0 Å². The highest BCUT2D eigenvalue weighted by atomic mass is 16.3. The van der Waals surface area contributed by atoms with E-state index in [0.29, 0.717) is 6.54 Å². The van der Waals surface area contributed by atoms with Gasteiger partial charge >= 0.3 is 0 Å². The second-order valence-corrected chi connectivity index (χ2v) is 7.65. The molecule has 2 heterocycles. The molecule has 0 aliphatic rings. The summed E-state index contributed by atoms with van der Waals surface area (Å²) in [6.45, 7) is 7.70. The predicted molar refractivity (Wildman–Crippen MR) is 100 cm³/mol. The first-order chi connectivity index (χ1) is 11.8. The van der Waals surface area contributed by atoms with Gasteiger partial charge in [-0.25, -0.2) is 0 Å². The van der Waals surface area contributed by atoms with E-state index in [1.54, 1.807) is 0 Å². The molecule has 2 N–H and O–H groups in total. The lowest BCUT2D eigenvalue weighted by Crippen LogP contribution is -2.31. The molecule has 5 heteroatoms. The second-order valence-electron chi connectivity index (χ2n) is 7.65. The summed E-state index contributed by atoms with van der Waals surface area (Å²) >= 11 is 0. The number of furan rings is 1. The van der Waals surface area contributed by atoms with Crippen molar-refractivity contribution in [3.05, 3.63) is 42.1 Å². The monoisotopic (exact) mass is 341 g/mol. The maximum atomic E-state index is 9.62. The van der Waals surface area contributed by atoms with Crippen molar-refractivity contribution in [2.75, 3.05) is 6.54 Å². The first-order valence-corrected chi connectivity index (χ1v) is 8.74. The number of nitrogens with one attached hydrogen (secondary N) is 1. The molecule has 3 rings (SSSR count). The Morgan fingerprint density at radius 3 is 2.80 bits per heavy atom. The molecule has 5 nitrogen and oxygen atoms in total. The Labute approximate surface area is 148 Å². The van der Waals surface area contributed by atoms with Gasteiger partial charge in [-0.05, 0) is 30.9 Å². The number of fused-ring (bicyclic) bond motifs is 1. The second kappa shape index (κ2) is 7.02. The van der Waals surface area contributed by atoms with Crippen LogP contribution < -0.4 is 5.32 Å². The number of aryl methyl sites for hydroxylation is 1. The zero-order chi connectivity index (χ0) is 18.0. The van der Waals surface area contributed by atoms with E-state index in [-0.39, 0.29) is 11.5 Å². The summed E-state index contributed by atoms with van der Waals surface area (Å²) in [5, 5.41) is 18.8. The molecule has 1 aromatic carbocycles. The van der Waals surface area contributed by atoms with Gasteiger partial charge in [0.1, 0.15) is 11.3 Å². The SMILES string of the molecule is CC(O)CC(C)(C)CNCc1cn(C)nc1-c1cc2ccccc2o1. The first kappa shape index (κ1) is 17.7. The number of para-hydroxylation sites is 1. The van der Waals surface area contributed by atoms with Crippen LogP contribution in [0.5, 0.6) is 0 Å². The van der Waals surface area contributed by atoms with Crippen molar-refractivity contribution >= 4 is 11.0 Å². The molecule has 2 aromatic heterocycles. The highest BCUT2D eigenvalue weighted by Crippen LogP contribution is 2.29. The van der Waals surface area contributed by atoms with Crippen molar-refractivity contribution < 1.29 is 9.52 Å². The largest absolute Gasteiger partial charge is 0.454 e. The van der Waals surface area contributed by atoms with Gasteiger partial charge in [0.25, 0.3) is 0 Å². The minimum Gasteiger partial charge on any atom is -0.454 e. The molecule has 0 amide bonds. The molecular formula is C20H27N3O2. The van der Waals surface area contributed by atoms with Crippen LogP contribution in [0.15, 0.2) is 40.9 Å². The van der Waals surface area contributed by atoms with Crippen molar-refractivity contribution in [3.63, 3.8) is 0 Å². The van der Waals surface area contributed by atoms with Crippen LogP contribution in [-0.4, -0.2) is 27.5 Å². The van der Waals surface area contributed by atoms with E-state index < -0.39 is 0 Å². The van der Waals surface area contributed by atoms with Crippen LogP contribution in [0.4, 0.5) is 0 Å². The minimum atomic E-state index is -0.290. The van der Waals surface area contributed by atoms with Gasteiger partial charge in [0, 0.05) is 37.3 Å². The summed E-state index contributed by atoms with van der Waals surface area (Å²) in [5.74, 6) is 0.793. The number of rotatable bonds is 7. The summed E-state index contributed by atoms with van der Waals surface area (Å²) in [7, 11) is 1.92. The summed E-state index contributed by atoms with van der Waals surface area (Å²) in [6, 6.07) is 10.0. The van der Waals surface area contributed by atoms with E-state index in [1.807, 2.05) is 55.2 Å². The molecule has 0 saturated carbocycles. The van der Waals surface area contributed by atoms with Crippen molar-refractivity contribution in [2.24, 2.45) is 12.5 Å². The van der Waals surface area contributed by atoms with Crippen LogP contribution in [0, 0.1) is 5.41 Å². The number of aliphatic hydroxyl groups excluding tert-OH is 1. The molecular weight excluding hydrogens is 314 g/mol. The third kappa shape index (κ3) is 4.30. The molecule has 0 fully saturated rings. The van der Waals surface area contributed by atoms with Gasteiger partial charge in [-0.15, -0.1) is 0 Å². The molecule has 134 valence electrons. The third-order valence-electron chi connectivity index (χ3n) is 4.33. The number of nitrogens with zero attached hydrogens (tertiary/aromatic N) is 2. The predicted octanol–water partition coefficient (Wildman–Crippen LogP) is 3.72. The zero-order valence-corrected chi connectivity index (χ0v) is 15.4. The van der Waals surface area contributed by atoms with Crippen LogP contribution in [0.2, 0.25) is 0 Å². The van der Waals surface area contributed by atoms with Crippen molar-refractivity contribution in [2.45, 2.75) is 39.8 Å². The number of hydrogen-bond donors (Lipinski definition) is 2. The number of aromatic nitrogens is 2. The molecule has 3 aromatic rings. The fourth-order valence-corrected chi connectivity index (χ4v) is 3.38. The summed E-state index contributed by atoms with van der Waals surface area (Å²) in [5.41, 5.74) is 2.89. The zero-order valence-electron chi connectivity index (χ0n) is 15.4. The third-order valence-corrected chi connectivity index (χ3v) is 4.33. The average molecular weight is 341 g/mol. The Morgan fingerprint density at radius 1 is 1.32 bits per heavy atom. The maximum absolute atomic E-state index is 9.62. The van der Waals surface area contributed by atoms with Crippen LogP contribution >= 0.6 is 0 Å². The lowest BCUT2D eigenvalue weighted by Gasteiger charge is -2.26. The number of aliphatic hydroxyl groups is 1. The number of benzene rings is 1. The van der Waals surface area contributed by atoms with Gasteiger partial charge in [0.2, 0.25) is 0 Å². The quantitative estimate of drug-likeness (QED) is 0.687. The molecule has 0 bridgehead atoms. The Bertz CT molecular complexity index is 813. The van der Waals surface area contributed by atoms with Crippen molar-refractivity contribution in [1.29, 1.82) is 0 Å². The van der Waals surface area contributed by atoms with Gasteiger partial charge in [0.05, 0.1) is 6.10 Å². The van der Waals surface area contributed by atoms with Gasteiger partial charge in [-0.3, -0.25) is 4.68 Å². The van der Waals surface area contributed by atoms with Gasteiger partial charge in [-0.1, -0.05) is 32.0 Å². The fraction of sp³-hybridized carbons (Fsp3) is 0.450. The van der Waals surface area contributed by atoms with Crippen molar-refractivity contribution in [3.8, 4) is 11.5 Å². The molecule has 0 aliphatic carbocycles. The maximum Gasteiger partial charge on any atom is 0.156 e. The standard InChI is InChI=1S/C20H27N3O2/c1-14(24)10-20(2,3)13-21-11-16-12-23(4)22-19(16)18-9-15-7-5-6-8-17(15)25-18/h5-9,12,14,21,24H,10-11,13H2,1-4H3. The normalized spacial score (nSPS) is 13.5. The summed E-state index contributed by atoms with van der Waals surface area (Å²) in [6.07, 6.45) is 2.50. The number of hydrogen-bond acceptors (Lipinski definition) is 4. The van der Waals surface area contributed by atoms with Crippen LogP contribution in [-0.2, 0) is 13.6 Å². The van der Waals surface area contributed by atoms with Crippen LogP contribution in [0.1, 0.15) is 32.8 Å². The summed E-state index contributed by atoms with van der Waals surface area (Å²) in [4.78, 5) is 0. The lowest BCUT2D eigenvalue weighted by molar-refractivity contribution is 0.128. The van der Waals surface area contributed by atoms with E-state index in [1.165, 1.54) is 0 Å². The van der Waals surface area contributed by atoms with Gasteiger partial charge < -0.3 is 14.8 Å². The molecule has 25 heavy (non-hydrogen) atoms. The smallest absolute Gasteiger partial charge is 0.156 e. The summed E-state index contributed by atoms with van der Waals surface area (Å²) < 4.78 is 7.79. The molecule has 0 aliphatic heterocycles. The van der Waals surface area contributed by atoms with E-state index >= 15 is 0 Å². The van der Waals surface area contributed by atoms with Crippen LogP contribution in [0.3, 0.4) is 0 Å². The van der Waals surface area contributed by atoms with Gasteiger partial charge in [-0.2, -0.15) is 5.10 Å². The molecule has 0 radical (unpaired) electrons. The minimum absolute atomic E-state index is 0.0376. The topological polar surface area (TPSA) is 63.2 Å². The van der Waals surface area contributed by atoms with E-state index in [2.05, 4.69) is 24.3 Å². The molecule has 1 unspecified atom stereocenters. The van der Waals surface area contributed by atoms with Crippen molar-refractivity contribution in [1.82, 2.24) is 15.1 Å². The van der Waals surface area contributed by atoms with Crippen LogP contribution in [0.25, 0.3) is 22.4 Å². The Kier molecular flexibility index (Phi) is 4.97. The molecule has 0 spiro atoms. The fourth-order valence-electron chi connectivity index (χ4n) is 3.38. The first-order valence-electron chi connectivity index (χ1n) is 8.74. The highest BCUT2D eigenvalue weighted by Gasteiger charge is 2.21. The Balaban J connectivity index is 1.75. The lowest BCUT2D eigenvalue weighted by atomic mass is 9.87. The highest BCUT2D eigenvalue weighted by molar-refractivity contribution is 5.82. The average Bonchev–Trinajstić information content (AvgIpc) is 3.08. The molecule has 0 saturated heterocycles. The van der Waals surface area contributed by atoms with Gasteiger partial charge in [0.15, 0.2) is 5.76 Å².